The minimum absolute atomic E-state index is 0.176. The molecule has 1 fully saturated rings. The van der Waals surface area contributed by atoms with Gasteiger partial charge in [-0.1, -0.05) is 0 Å². The summed E-state index contributed by atoms with van der Waals surface area (Å²) in [5.41, 5.74) is 4.09. The van der Waals surface area contributed by atoms with Crippen LogP contribution >= 0.6 is 0 Å². The molecular weight excluding hydrogens is 304 g/mol. The zero-order chi connectivity index (χ0) is 17.8. The van der Waals surface area contributed by atoms with Crippen molar-refractivity contribution < 1.29 is 24.0 Å². The van der Waals surface area contributed by atoms with Crippen molar-refractivity contribution in [2.75, 3.05) is 13.2 Å². The minimum Gasteiger partial charge on any atom is -0.466 e. The molecule has 0 bridgehead atoms. The monoisotopic (exact) mass is 330 g/mol. The lowest BCUT2D eigenvalue weighted by atomic mass is 9.56. The third-order valence-corrected chi connectivity index (χ3v) is 4.13. The highest BCUT2D eigenvalue weighted by Gasteiger charge is 2.59. The summed E-state index contributed by atoms with van der Waals surface area (Å²) in [5.74, 6) is -1.98. The molecule has 0 heterocycles. The maximum absolute atomic E-state index is 12.7. The van der Waals surface area contributed by atoms with Crippen molar-refractivity contribution in [3.05, 3.63) is 10.1 Å². The van der Waals surface area contributed by atoms with E-state index in [-0.39, 0.29) is 13.0 Å². The van der Waals surface area contributed by atoms with Crippen LogP contribution in [0.4, 0.5) is 0 Å². The fraction of sp³-hybridized carbons (Fsp3) is 0.867. The number of hydrogen-bond acceptors (Lipinski definition) is 7. The Balaban J connectivity index is 3.06. The molecule has 8 heteroatoms. The van der Waals surface area contributed by atoms with E-state index in [1.54, 1.807) is 27.7 Å². The number of carbonyl (C=O) groups is 2. The zero-order valence-corrected chi connectivity index (χ0v) is 14.2. The van der Waals surface area contributed by atoms with Crippen molar-refractivity contribution in [2.24, 2.45) is 17.1 Å². The molecule has 0 aromatic heterocycles. The molecule has 0 aromatic carbocycles. The molecule has 0 aromatic rings. The molecule has 0 radical (unpaired) electrons. The quantitative estimate of drug-likeness (QED) is 0.424. The summed E-state index contributed by atoms with van der Waals surface area (Å²) in [6, 6.07) is -0.559. The second-order valence-electron chi connectivity index (χ2n) is 6.91. The van der Waals surface area contributed by atoms with Gasteiger partial charge in [0.05, 0.1) is 24.4 Å². The molecule has 3 atom stereocenters. The summed E-state index contributed by atoms with van der Waals surface area (Å²) < 4.78 is 10.3. The highest BCUT2D eigenvalue weighted by atomic mass is 16.6. The van der Waals surface area contributed by atoms with Crippen LogP contribution in [0.2, 0.25) is 0 Å². The topological polar surface area (TPSA) is 122 Å². The van der Waals surface area contributed by atoms with Gasteiger partial charge in [-0.2, -0.15) is 0 Å². The van der Waals surface area contributed by atoms with E-state index in [0.29, 0.717) is 12.8 Å². The number of nitrogens with two attached hydrogens (primary N) is 1. The molecule has 0 amide bonds. The van der Waals surface area contributed by atoms with Gasteiger partial charge >= 0.3 is 11.9 Å². The van der Waals surface area contributed by atoms with Crippen LogP contribution in [-0.4, -0.2) is 41.7 Å². The molecule has 1 saturated carbocycles. The Kier molecular flexibility index (Phi) is 6.10. The number of hydrogen-bond donors (Lipinski definition) is 1. The first-order valence-electron chi connectivity index (χ1n) is 7.79. The summed E-state index contributed by atoms with van der Waals surface area (Å²) in [7, 11) is 0. The van der Waals surface area contributed by atoms with Gasteiger partial charge in [0.2, 0.25) is 6.54 Å². The van der Waals surface area contributed by atoms with E-state index in [1.165, 1.54) is 0 Å². The van der Waals surface area contributed by atoms with E-state index in [1.807, 2.05) is 0 Å². The molecule has 3 unspecified atom stereocenters. The first-order valence-corrected chi connectivity index (χ1v) is 7.79. The maximum Gasteiger partial charge on any atom is 0.314 e. The van der Waals surface area contributed by atoms with Crippen molar-refractivity contribution in [1.29, 1.82) is 0 Å². The van der Waals surface area contributed by atoms with Gasteiger partial charge in [0.15, 0.2) is 0 Å². The third kappa shape index (κ3) is 4.63. The molecule has 1 rings (SSSR count). The molecule has 1 aliphatic carbocycles. The summed E-state index contributed by atoms with van der Waals surface area (Å²) in [5, 5.41) is 11.0. The van der Waals surface area contributed by atoms with Crippen LogP contribution in [0.15, 0.2) is 0 Å². The first kappa shape index (κ1) is 19.3. The van der Waals surface area contributed by atoms with Crippen molar-refractivity contribution in [3.63, 3.8) is 0 Å². The molecule has 8 nitrogen and oxygen atoms in total. The number of esters is 2. The second-order valence-corrected chi connectivity index (χ2v) is 6.91. The molecule has 132 valence electrons. The summed E-state index contributed by atoms with van der Waals surface area (Å²) in [4.78, 5) is 34.9. The average Bonchev–Trinajstić information content (AvgIpc) is 2.34. The zero-order valence-electron chi connectivity index (χ0n) is 14.2. The molecule has 23 heavy (non-hydrogen) atoms. The van der Waals surface area contributed by atoms with Crippen LogP contribution in [0, 0.1) is 21.4 Å². The number of rotatable bonds is 7. The lowest BCUT2D eigenvalue weighted by Crippen LogP contribution is -2.62. The van der Waals surface area contributed by atoms with E-state index in [4.69, 9.17) is 15.2 Å². The van der Waals surface area contributed by atoms with E-state index in [2.05, 4.69) is 0 Å². The van der Waals surface area contributed by atoms with Crippen LogP contribution in [-0.2, 0) is 19.1 Å². The smallest absolute Gasteiger partial charge is 0.314 e. The van der Waals surface area contributed by atoms with Gasteiger partial charge in [-0.05, 0) is 40.5 Å². The Labute approximate surface area is 135 Å². The molecule has 0 saturated heterocycles. The Morgan fingerprint density at radius 1 is 1.43 bits per heavy atom. The van der Waals surface area contributed by atoms with Crippen LogP contribution < -0.4 is 5.73 Å². The van der Waals surface area contributed by atoms with Crippen LogP contribution in [0.5, 0.6) is 0 Å². The Morgan fingerprint density at radius 3 is 2.39 bits per heavy atom. The molecule has 2 N–H and O–H groups in total. The van der Waals surface area contributed by atoms with Gasteiger partial charge < -0.3 is 15.2 Å². The van der Waals surface area contributed by atoms with Crippen molar-refractivity contribution in [1.82, 2.24) is 0 Å². The SMILES string of the molecule is CCOC(=O)CC(C[N+](=O)[O-])C1(C(=O)OC(C)(C)C)CCC1N. The van der Waals surface area contributed by atoms with E-state index < -0.39 is 46.4 Å². The largest absolute Gasteiger partial charge is 0.466 e. The number of carbonyl (C=O) groups excluding carboxylic acids is 2. The third-order valence-electron chi connectivity index (χ3n) is 4.13. The number of nitrogens with zero attached hydrogens (tertiary/aromatic N) is 1. The standard InChI is InChI=1S/C15H26N2O6/c1-5-22-12(18)8-10(9-17(20)21)15(7-6-11(15)16)13(19)23-14(2,3)4/h10-11H,5-9,16H2,1-4H3. The average molecular weight is 330 g/mol. The lowest BCUT2D eigenvalue weighted by Gasteiger charge is -2.49. The Morgan fingerprint density at radius 2 is 2.04 bits per heavy atom. The van der Waals surface area contributed by atoms with Gasteiger partial charge in [0, 0.05) is 11.0 Å². The van der Waals surface area contributed by atoms with E-state index in [0.717, 1.165) is 0 Å². The lowest BCUT2D eigenvalue weighted by molar-refractivity contribution is -0.492. The van der Waals surface area contributed by atoms with Gasteiger partial charge in [0.25, 0.3) is 0 Å². The fourth-order valence-electron chi connectivity index (χ4n) is 2.93. The Bertz CT molecular complexity index is 473. The highest BCUT2D eigenvalue weighted by molar-refractivity contribution is 5.81. The van der Waals surface area contributed by atoms with Crippen LogP contribution in [0.25, 0.3) is 0 Å². The highest BCUT2D eigenvalue weighted by Crippen LogP contribution is 2.49. The maximum atomic E-state index is 12.7. The summed E-state index contributed by atoms with van der Waals surface area (Å²) >= 11 is 0. The van der Waals surface area contributed by atoms with E-state index in [9.17, 15) is 19.7 Å². The summed E-state index contributed by atoms with van der Waals surface area (Å²) in [6.07, 6.45) is 0.721. The predicted octanol–water partition coefficient (Wildman–Crippen LogP) is 1.28. The minimum atomic E-state index is -1.20. The van der Waals surface area contributed by atoms with Gasteiger partial charge in [-0.25, -0.2) is 0 Å². The second kappa shape index (κ2) is 7.25. The van der Waals surface area contributed by atoms with E-state index >= 15 is 0 Å². The number of nitro groups is 1. The normalized spacial score (nSPS) is 25.2. The summed E-state index contributed by atoms with van der Waals surface area (Å²) in [6.45, 7) is 6.46. The van der Waals surface area contributed by atoms with Crippen molar-refractivity contribution in [2.45, 2.75) is 58.6 Å². The Hall–Kier alpha value is -1.70. The van der Waals surface area contributed by atoms with Gasteiger partial charge in [-0.3, -0.25) is 19.7 Å². The molecule has 0 spiro atoms. The van der Waals surface area contributed by atoms with Crippen LogP contribution in [0.3, 0.4) is 0 Å². The van der Waals surface area contributed by atoms with Gasteiger partial charge in [-0.15, -0.1) is 0 Å². The fourth-order valence-corrected chi connectivity index (χ4v) is 2.93. The van der Waals surface area contributed by atoms with Gasteiger partial charge in [0.1, 0.15) is 5.60 Å². The van der Waals surface area contributed by atoms with Crippen molar-refractivity contribution in [3.8, 4) is 0 Å². The molecule has 0 aliphatic heterocycles. The molecular formula is C15H26N2O6. The first-order chi connectivity index (χ1) is 10.5. The van der Waals surface area contributed by atoms with Crippen LogP contribution in [0.1, 0.15) is 47.0 Å². The number of ether oxygens (including phenoxy) is 2. The molecule has 1 aliphatic rings. The van der Waals surface area contributed by atoms with Crippen molar-refractivity contribution >= 4 is 11.9 Å². The predicted molar refractivity (Wildman–Crippen MR) is 82.1 cm³/mol.